The van der Waals surface area contributed by atoms with Gasteiger partial charge in [0.2, 0.25) is 5.91 Å². The van der Waals surface area contributed by atoms with Gasteiger partial charge < -0.3 is 15.4 Å². The maximum Gasteiger partial charge on any atom is 0.416 e. The number of benzene rings is 2. The molecule has 28 heavy (non-hydrogen) atoms. The van der Waals surface area contributed by atoms with Crippen LogP contribution in [0.2, 0.25) is 0 Å². The lowest BCUT2D eigenvalue weighted by atomic mass is 10.1. The van der Waals surface area contributed by atoms with Gasteiger partial charge in [-0.1, -0.05) is 18.2 Å². The zero-order valence-electron chi connectivity index (χ0n) is 14.8. The van der Waals surface area contributed by atoms with Crippen molar-refractivity contribution < 1.29 is 32.3 Å². The molecule has 0 heterocycles. The number of amides is 2. The van der Waals surface area contributed by atoms with Crippen molar-refractivity contribution >= 4 is 23.5 Å². The van der Waals surface area contributed by atoms with Crippen molar-refractivity contribution in [1.82, 2.24) is 5.32 Å². The fourth-order valence-electron chi connectivity index (χ4n) is 2.20. The van der Waals surface area contributed by atoms with E-state index in [9.17, 15) is 27.6 Å². The van der Waals surface area contributed by atoms with Gasteiger partial charge in [0.15, 0.2) is 6.61 Å². The van der Waals surface area contributed by atoms with Crippen LogP contribution in [0.4, 0.5) is 18.9 Å². The first-order valence-corrected chi connectivity index (χ1v) is 8.13. The van der Waals surface area contributed by atoms with Crippen LogP contribution in [0.5, 0.6) is 0 Å². The highest BCUT2D eigenvalue weighted by Gasteiger charge is 2.29. The smallest absolute Gasteiger partial charge is 0.416 e. The summed E-state index contributed by atoms with van der Waals surface area (Å²) in [6, 6.07) is 10.4. The molecule has 0 radical (unpaired) electrons. The van der Waals surface area contributed by atoms with Gasteiger partial charge in [-0.15, -0.1) is 0 Å². The Morgan fingerprint density at radius 3 is 2.32 bits per heavy atom. The fraction of sp³-hybridized carbons (Fsp3) is 0.211. The predicted molar refractivity (Wildman–Crippen MR) is 94.3 cm³/mol. The quantitative estimate of drug-likeness (QED) is 0.738. The molecule has 2 N–H and O–H groups in total. The summed E-state index contributed by atoms with van der Waals surface area (Å²) < 4.78 is 42.4. The van der Waals surface area contributed by atoms with Gasteiger partial charge in [0.05, 0.1) is 11.1 Å². The van der Waals surface area contributed by atoms with Crippen molar-refractivity contribution in [3.63, 3.8) is 0 Å². The second-order valence-corrected chi connectivity index (χ2v) is 5.81. The summed E-state index contributed by atoms with van der Waals surface area (Å²) in [7, 11) is 0. The van der Waals surface area contributed by atoms with Crippen LogP contribution >= 0.6 is 0 Å². The monoisotopic (exact) mass is 394 g/mol. The lowest BCUT2D eigenvalue weighted by Crippen LogP contribution is -2.28. The van der Waals surface area contributed by atoms with Crippen LogP contribution in [0.1, 0.15) is 28.4 Å². The Balaban J connectivity index is 1.82. The number of alkyl halides is 3. The summed E-state index contributed by atoms with van der Waals surface area (Å²) >= 11 is 0. The number of hydrogen-bond donors (Lipinski definition) is 2. The van der Waals surface area contributed by atoms with Gasteiger partial charge >= 0.3 is 12.1 Å². The number of halogens is 3. The molecule has 6 nitrogen and oxygen atoms in total. The Labute approximate surface area is 158 Å². The topological polar surface area (TPSA) is 84.5 Å². The largest absolute Gasteiger partial charge is 0.452 e. The van der Waals surface area contributed by atoms with Crippen LogP contribution in [-0.4, -0.2) is 24.4 Å². The average Bonchev–Trinajstić information content (AvgIpc) is 2.63. The Morgan fingerprint density at radius 1 is 1.04 bits per heavy atom. The summed E-state index contributed by atoms with van der Waals surface area (Å²) in [4.78, 5) is 34.8. The number of carbonyl (C=O) groups excluding carboxylic acids is 3. The van der Waals surface area contributed by atoms with E-state index in [4.69, 9.17) is 4.74 Å². The van der Waals surface area contributed by atoms with Crippen molar-refractivity contribution in [1.29, 1.82) is 0 Å². The summed E-state index contributed by atoms with van der Waals surface area (Å²) in [5.41, 5.74) is 0.254. The summed E-state index contributed by atoms with van der Waals surface area (Å²) in [5.74, 6) is -1.66. The molecule has 2 amide bonds. The molecule has 0 fully saturated rings. The Bertz CT molecular complexity index is 864. The lowest BCUT2D eigenvalue weighted by Gasteiger charge is -2.09. The highest BCUT2D eigenvalue weighted by molar-refractivity contribution is 5.94. The lowest BCUT2D eigenvalue weighted by molar-refractivity contribution is -0.137. The number of ether oxygens (including phenoxy) is 1. The molecule has 148 valence electrons. The molecule has 2 aromatic carbocycles. The second kappa shape index (κ2) is 9.03. The van der Waals surface area contributed by atoms with Crippen molar-refractivity contribution in [2.24, 2.45) is 0 Å². The number of anilines is 1. The minimum absolute atomic E-state index is 0.00740. The first kappa shape index (κ1) is 20.9. The predicted octanol–water partition coefficient (Wildman–Crippen LogP) is 3.14. The van der Waals surface area contributed by atoms with E-state index in [-0.39, 0.29) is 18.0 Å². The van der Waals surface area contributed by atoms with Gasteiger partial charge in [-0.05, 0) is 35.9 Å². The molecule has 0 aliphatic rings. The van der Waals surface area contributed by atoms with Crippen LogP contribution in [0.25, 0.3) is 0 Å². The third-order valence-electron chi connectivity index (χ3n) is 3.52. The highest BCUT2D eigenvalue weighted by atomic mass is 19.4. The molecule has 0 saturated carbocycles. The molecule has 2 aromatic rings. The molecular weight excluding hydrogens is 377 g/mol. The molecular formula is C19H17F3N2O4. The zero-order valence-corrected chi connectivity index (χ0v) is 14.8. The van der Waals surface area contributed by atoms with E-state index in [1.54, 1.807) is 12.1 Å². The van der Waals surface area contributed by atoms with Crippen molar-refractivity contribution in [3.8, 4) is 0 Å². The summed E-state index contributed by atoms with van der Waals surface area (Å²) in [5, 5.41) is 4.97. The molecule has 0 aliphatic carbocycles. The summed E-state index contributed by atoms with van der Waals surface area (Å²) in [6.45, 7) is 0.766. The maximum atomic E-state index is 12.5. The molecule has 0 aliphatic heterocycles. The second-order valence-electron chi connectivity index (χ2n) is 5.81. The average molecular weight is 394 g/mol. The maximum absolute atomic E-state index is 12.5. The first-order valence-electron chi connectivity index (χ1n) is 8.13. The molecule has 0 spiro atoms. The van der Waals surface area contributed by atoms with E-state index >= 15 is 0 Å². The van der Waals surface area contributed by atoms with Gasteiger partial charge in [0.1, 0.15) is 0 Å². The number of esters is 1. The van der Waals surface area contributed by atoms with Gasteiger partial charge in [-0.2, -0.15) is 13.2 Å². The molecule has 2 rings (SSSR count). The van der Waals surface area contributed by atoms with Crippen LogP contribution in [0, 0.1) is 0 Å². The molecule has 0 unspecified atom stereocenters. The molecule has 0 saturated heterocycles. The van der Waals surface area contributed by atoms with Crippen LogP contribution in [-0.2, 0) is 27.0 Å². The Kier molecular flexibility index (Phi) is 6.75. The Morgan fingerprint density at radius 2 is 1.71 bits per heavy atom. The molecule has 0 aromatic heterocycles. The standard InChI is InChI=1S/C19H17F3N2O4/c1-12(25)24-16-4-2-3-14(9-16)18(27)28-11-17(26)23-10-13-5-7-15(8-6-13)19(20,21)22/h2-9H,10-11H2,1H3,(H,23,26)(H,24,25). The molecule has 0 bridgehead atoms. The van der Waals surface area contributed by atoms with E-state index in [0.29, 0.717) is 11.3 Å². The number of rotatable bonds is 6. The minimum Gasteiger partial charge on any atom is -0.452 e. The van der Waals surface area contributed by atoms with Gasteiger partial charge in [0, 0.05) is 19.2 Å². The van der Waals surface area contributed by atoms with E-state index in [1.807, 2.05) is 0 Å². The number of carbonyl (C=O) groups is 3. The van der Waals surface area contributed by atoms with Gasteiger partial charge in [-0.25, -0.2) is 4.79 Å². The van der Waals surface area contributed by atoms with Crippen molar-refractivity contribution in [2.75, 3.05) is 11.9 Å². The van der Waals surface area contributed by atoms with E-state index < -0.39 is 30.2 Å². The highest BCUT2D eigenvalue weighted by Crippen LogP contribution is 2.29. The Hall–Kier alpha value is -3.36. The van der Waals surface area contributed by atoms with Crippen molar-refractivity contribution in [3.05, 3.63) is 65.2 Å². The van der Waals surface area contributed by atoms with E-state index in [1.165, 1.54) is 31.2 Å². The van der Waals surface area contributed by atoms with Crippen molar-refractivity contribution in [2.45, 2.75) is 19.6 Å². The number of nitrogens with one attached hydrogen (secondary N) is 2. The van der Waals surface area contributed by atoms with Gasteiger partial charge in [0.25, 0.3) is 5.91 Å². The van der Waals surface area contributed by atoms with Gasteiger partial charge in [-0.3, -0.25) is 9.59 Å². The third kappa shape index (κ3) is 6.42. The third-order valence-corrected chi connectivity index (χ3v) is 3.52. The fourth-order valence-corrected chi connectivity index (χ4v) is 2.20. The number of hydrogen-bond acceptors (Lipinski definition) is 4. The molecule has 9 heteroatoms. The van der Waals surface area contributed by atoms with E-state index in [0.717, 1.165) is 12.1 Å². The van der Waals surface area contributed by atoms with Crippen LogP contribution < -0.4 is 10.6 Å². The van der Waals surface area contributed by atoms with Crippen LogP contribution in [0.15, 0.2) is 48.5 Å². The van der Waals surface area contributed by atoms with E-state index in [2.05, 4.69) is 10.6 Å². The first-order chi connectivity index (χ1) is 13.1. The van der Waals surface area contributed by atoms with Crippen LogP contribution in [0.3, 0.4) is 0 Å². The molecule has 0 atom stereocenters. The SMILES string of the molecule is CC(=O)Nc1cccc(C(=O)OCC(=O)NCc2ccc(C(F)(F)F)cc2)c1. The minimum atomic E-state index is -4.42. The normalized spacial score (nSPS) is 10.9. The zero-order chi connectivity index (χ0) is 20.7. The summed E-state index contributed by atoms with van der Waals surface area (Å²) in [6.07, 6.45) is -4.42.